The predicted octanol–water partition coefficient (Wildman–Crippen LogP) is 3.95. The molecule has 1 N–H and O–H groups in total. The van der Waals surface area contributed by atoms with Crippen molar-refractivity contribution in [3.05, 3.63) is 70.3 Å². The van der Waals surface area contributed by atoms with Gasteiger partial charge in [0.05, 0.1) is 6.61 Å². The van der Waals surface area contributed by atoms with E-state index in [0.717, 1.165) is 31.8 Å². The van der Waals surface area contributed by atoms with E-state index in [0.29, 0.717) is 18.3 Å². The van der Waals surface area contributed by atoms with Crippen LogP contribution in [0.4, 0.5) is 0 Å². The van der Waals surface area contributed by atoms with Crippen LogP contribution < -0.4 is 15.6 Å². The van der Waals surface area contributed by atoms with Crippen molar-refractivity contribution in [3.63, 3.8) is 0 Å². The molecule has 1 aromatic heterocycles. The van der Waals surface area contributed by atoms with Gasteiger partial charge in [0, 0.05) is 43.8 Å². The number of hydrogen-bond donors (Lipinski definition) is 1. The molecule has 5 heteroatoms. The molecule has 5 nitrogen and oxygen atoms in total. The second kappa shape index (κ2) is 9.52. The highest BCUT2D eigenvalue weighted by Crippen LogP contribution is 2.30. The fourth-order valence-electron chi connectivity index (χ4n) is 4.75. The predicted molar refractivity (Wildman–Crippen MR) is 122 cm³/mol. The summed E-state index contributed by atoms with van der Waals surface area (Å²) in [6.07, 6.45) is 15.1. The number of rotatable bonds is 6. The van der Waals surface area contributed by atoms with Crippen LogP contribution >= 0.6 is 0 Å². The van der Waals surface area contributed by atoms with Crippen LogP contribution in [-0.4, -0.2) is 42.8 Å². The Kier molecular flexibility index (Phi) is 6.58. The molecule has 30 heavy (non-hydrogen) atoms. The summed E-state index contributed by atoms with van der Waals surface area (Å²) < 4.78 is 7.55. The van der Waals surface area contributed by atoms with Gasteiger partial charge in [-0.05, 0) is 61.1 Å². The molecule has 1 fully saturated rings. The van der Waals surface area contributed by atoms with E-state index < -0.39 is 0 Å². The molecule has 4 rings (SSSR count). The number of ether oxygens (including phenoxy) is 1. The average Bonchev–Trinajstić information content (AvgIpc) is 3.10. The Morgan fingerprint density at radius 3 is 2.93 bits per heavy atom. The summed E-state index contributed by atoms with van der Waals surface area (Å²) in [7, 11) is 2.14. The molecule has 3 aliphatic rings. The van der Waals surface area contributed by atoms with Gasteiger partial charge in [-0.2, -0.15) is 0 Å². The number of aromatic nitrogens is 1. The Bertz CT molecular complexity index is 932. The molecule has 0 aromatic carbocycles. The molecule has 0 bridgehead atoms. The molecule has 0 spiro atoms. The van der Waals surface area contributed by atoms with Crippen LogP contribution in [0.2, 0.25) is 0 Å². The molecule has 2 aliphatic heterocycles. The van der Waals surface area contributed by atoms with Gasteiger partial charge in [0.25, 0.3) is 5.56 Å². The Morgan fingerprint density at radius 1 is 1.33 bits per heavy atom. The fraction of sp³-hybridized carbons (Fsp3) is 0.480. The highest BCUT2D eigenvalue weighted by molar-refractivity contribution is 5.60. The first-order chi connectivity index (χ1) is 14.7. The summed E-state index contributed by atoms with van der Waals surface area (Å²) >= 11 is 0. The van der Waals surface area contributed by atoms with Gasteiger partial charge in [0.1, 0.15) is 5.75 Å². The maximum Gasteiger partial charge on any atom is 0.258 e. The summed E-state index contributed by atoms with van der Waals surface area (Å²) in [4.78, 5) is 15.0. The molecule has 1 aliphatic carbocycles. The number of pyridine rings is 1. The van der Waals surface area contributed by atoms with Crippen LogP contribution in [0, 0.1) is 5.92 Å². The molecule has 1 aromatic rings. The first-order valence-corrected chi connectivity index (χ1v) is 11.2. The van der Waals surface area contributed by atoms with Crippen molar-refractivity contribution in [2.24, 2.45) is 5.92 Å². The molecule has 0 saturated heterocycles. The second-order valence-corrected chi connectivity index (χ2v) is 8.58. The zero-order chi connectivity index (χ0) is 20.9. The van der Waals surface area contributed by atoms with E-state index in [4.69, 9.17) is 4.74 Å². The van der Waals surface area contributed by atoms with E-state index in [-0.39, 0.29) is 5.56 Å². The average molecular weight is 408 g/mol. The zero-order valence-electron chi connectivity index (χ0n) is 18.0. The van der Waals surface area contributed by atoms with E-state index in [9.17, 15) is 4.79 Å². The third-order valence-corrected chi connectivity index (χ3v) is 6.49. The lowest BCUT2D eigenvalue weighted by atomic mass is 9.90. The standard InChI is InChI=1S/C25H33N3O2/c1-3-21(10-9-20-17-27(2)24-16-26-13-11-23(20)24)28-14-12-22(15-25(28)29)30-18-19-7-5-4-6-8-19/h3,9-10,12,14-15,19,26H,1,4-8,11,13,16-18H2,2H3/b20-9+,21-10+. The van der Waals surface area contributed by atoms with E-state index in [1.54, 1.807) is 22.9 Å². The van der Waals surface area contributed by atoms with Crippen molar-refractivity contribution in [1.29, 1.82) is 0 Å². The first kappa shape index (κ1) is 20.7. The summed E-state index contributed by atoms with van der Waals surface area (Å²) in [5.41, 5.74) is 4.84. The zero-order valence-corrected chi connectivity index (χ0v) is 18.0. The molecular formula is C25H33N3O2. The molecule has 0 unspecified atom stereocenters. The van der Waals surface area contributed by atoms with Gasteiger partial charge >= 0.3 is 0 Å². The van der Waals surface area contributed by atoms with Crippen LogP contribution in [0.5, 0.6) is 5.75 Å². The van der Waals surface area contributed by atoms with Crippen molar-refractivity contribution >= 4 is 5.70 Å². The van der Waals surface area contributed by atoms with Crippen LogP contribution in [0.1, 0.15) is 38.5 Å². The Hall–Kier alpha value is -2.53. The highest BCUT2D eigenvalue weighted by atomic mass is 16.5. The largest absolute Gasteiger partial charge is 0.493 e. The monoisotopic (exact) mass is 407 g/mol. The van der Waals surface area contributed by atoms with E-state index in [2.05, 4.69) is 29.9 Å². The minimum absolute atomic E-state index is 0.0917. The van der Waals surface area contributed by atoms with E-state index in [1.165, 1.54) is 48.9 Å². The first-order valence-electron chi connectivity index (χ1n) is 11.2. The van der Waals surface area contributed by atoms with Gasteiger partial charge in [0.15, 0.2) is 0 Å². The van der Waals surface area contributed by atoms with Gasteiger partial charge in [-0.3, -0.25) is 9.36 Å². The number of likely N-dealkylation sites (N-methyl/N-ethyl adjacent to an activating group) is 1. The number of allylic oxidation sites excluding steroid dienone is 4. The summed E-state index contributed by atoms with van der Waals surface area (Å²) in [5, 5.41) is 3.44. The highest BCUT2D eigenvalue weighted by Gasteiger charge is 2.25. The maximum atomic E-state index is 12.7. The van der Waals surface area contributed by atoms with Gasteiger partial charge in [-0.1, -0.05) is 31.9 Å². The van der Waals surface area contributed by atoms with E-state index in [1.807, 2.05) is 12.1 Å². The quantitative estimate of drug-likeness (QED) is 0.726. The number of nitrogens with zero attached hydrogens (tertiary/aromatic N) is 2. The molecule has 160 valence electrons. The van der Waals surface area contributed by atoms with Crippen molar-refractivity contribution in [2.45, 2.75) is 38.5 Å². The van der Waals surface area contributed by atoms with E-state index >= 15 is 0 Å². The van der Waals surface area contributed by atoms with Crippen molar-refractivity contribution in [1.82, 2.24) is 14.8 Å². The second-order valence-electron chi connectivity index (χ2n) is 8.58. The van der Waals surface area contributed by atoms with Gasteiger partial charge in [-0.15, -0.1) is 0 Å². The minimum Gasteiger partial charge on any atom is -0.493 e. The Balaban J connectivity index is 1.48. The van der Waals surface area contributed by atoms with Crippen molar-refractivity contribution < 1.29 is 4.74 Å². The lowest BCUT2D eigenvalue weighted by Crippen LogP contribution is -2.28. The Morgan fingerprint density at radius 2 is 2.17 bits per heavy atom. The topological polar surface area (TPSA) is 46.5 Å². The fourth-order valence-corrected chi connectivity index (χ4v) is 4.75. The molecule has 0 radical (unpaired) electrons. The Labute approximate surface area is 179 Å². The smallest absolute Gasteiger partial charge is 0.258 e. The molecule has 1 saturated carbocycles. The minimum atomic E-state index is -0.0917. The van der Waals surface area contributed by atoms with Gasteiger partial charge < -0.3 is 15.0 Å². The summed E-state index contributed by atoms with van der Waals surface area (Å²) in [6.45, 7) is 7.49. The van der Waals surface area contributed by atoms with Crippen LogP contribution in [0.25, 0.3) is 5.70 Å². The van der Waals surface area contributed by atoms with Crippen LogP contribution in [0.3, 0.4) is 0 Å². The third kappa shape index (κ3) is 4.62. The summed E-state index contributed by atoms with van der Waals surface area (Å²) in [6, 6.07) is 3.47. The number of hydrogen-bond acceptors (Lipinski definition) is 4. The van der Waals surface area contributed by atoms with Gasteiger partial charge in [0.2, 0.25) is 0 Å². The molecule has 0 amide bonds. The van der Waals surface area contributed by atoms with Crippen molar-refractivity contribution in [3.8, 4) is 5.75 Å². The normalized spacial score (nSPS) is 21.8. The van der Waals surface area contributed by atoms with Crippen molar-refractivity contribution in [2.75, 3.05) is 33.3 Å². The third-order valence-electron chi connectivity index (χ3n) is 6.49. The van der Waals surface area contributed by atoms with Gasteiger partial charge in [-0.25, -0.2) is 0 Å². The van der Waals surface area contributed by atoms with Crippen LogP contribution in [-0.2, 0) is 0 Å². The molecule has 3 heterocycles. The van der Waals surface area contributed by atoms with Crippen LogP contribution in [0.15, 0.2) is 64.8 Å². The molecule has 0 atom stereocenters. The summed E-state index contributed by atoms with van der Waals surface area (Å²) in [5.74, 6) is 1.28. The molecular weight excluding hydrogens is 374 g/mol. The lowest BCUT2D eigenvalue weighted by Gasteiger charge is -2.21. The number of nitrogens with one attached hydrogen (secondary N) is 1. The maximum absolute atomic E-state index is 12.7. The SMILES string of the molecule is C=C/C(=C\C=C1/CN(C)C2=C1CCNC2)n1ccc(OCC2CCCCC2)cc1=O. The lowest BCUT2D eigenvalue weighted by molar-refractivity contribution is 0.208.